The predicted molar refractivity (Wildman–Crippen MR) is 69.2 cm³/mol. The number of rotatable bonds is 4. The summed E-state index contributed by atoms with van der Waals surface area (Å²) in [4.78, 5) is 10.9. The number of hydrogen-bond donors (Lipinski definition) is 2. The molecule has 2 aromatic rings. The molecule has 0 radical (unpaired) electrons. The quantitative estimate of drug-likeness (QED) is 0.898. The van der Waals surface area contributed by atoms with Gasteiger partial charge in [0.05, 0.1) is 11.8 Å². The van der Waals surface area contributed by atoms with Gasteiger partial charge in [0.15, 0.2) is 0 Å². The fourth-order valence-corrected chi connectivity index (χ4v) is 1.90. The van der Waals surface area contributed by atoms with E-state index in [2.05, 4.69) is 5.32 Å². The van der Waals surface area contributed by atoms with Gasteiger partial charge >= 0.3 is 12.1 Å². The molecule has 0 atom stereocenters. The molecule has 1 aromatic carbocycles. The van der Waals surface area contributed by atoms with Gasteiger partial charge in [-0.2, -0.15) is 13.2 Å². The maximum atomic E-state index is 12.8. The lowest BCUT2D eigenvalue weighted by atomic mass is 10.1. The molecule has 2 N–H and O–H groups in total. The minimum atomic E-state index is -4.43. The van der Waals surface area contributed by atoms with E-state index >= 15 is 0 Å². The van der Waals surface area contributed by atoms with Gasteiger partial charge in [-0.3, -0.25) is 0 Å². The molecule has 1 heterocycles. The van der Waals surface area contributed by atoms with Crippen molar-refractivity contribution in [2.45, 2.75) is 19.6 Å². The van der Waals surface area contributed by atoms with Crippen molar-refractivity contribution < 1.29 is 27.5 Å². The van der Waals surface area contributed by atoms with Gasteiger partial charge in [-0.1, -0.05) is 6.07 Å². The summed E-state index contributed by atoms with van der Waals surface area (Å²) < 4.78 is 43.2. The van der Waals surface area contributed by atoms with Crippen LogP contribution in [-0.4, -0.2) is 11.1 Å². The molecule has 0 fully saturated rings. The van der Waals surface area contributed by atoms with Crippen LogP contribution in [0.25, 0.3) is 0 Å². The molecule has 1 aromatic heterocycles. The normalized spacial score (nSPS) is 11.4. The maximum absolute atomic E-state index is 12.8. The molecule has 0 saturated heterocycles. The fourth-order valence-electron chi connectivity index (χ4n) is 1.90. The van der Waals surface area contributed by atoms with Crippen molar-refractivity contribution in [3.8, 4) is 0 Å². The third-order valence-electron chi connectivity index (χ3n) is 2.97. The summed E-state index contributed by atoms with van der Waals surface area (Å²) in [5.74, 6) is -1.46. The number of alkyl halides is 3. The van der Waals surface area contributed by atoms with Gasteiger partial charge < -0.3 is 14.8 Å². The molecule has 0 aliphatic carbocycles. The standard InChI is InChI=1S/C14H12F3NO3/c1-8-2-3-10(6-11(8)14(15,16)17)18-7-9-4-5-21-12(9)13(19)20/h2-6,18H,7H2,1H3,(H,19,20). The van der Waals surface area contributed by atoms with Crippen molar-refractivity contribution >= 4 is 11.7 Å². The Morgan fingerprint density at radius 3 is 2.67 bits per heavy atom. The number of hydrogen-bond acceptors (Lipinski definition) is 3. The number of carboxylic acids is 1. The van der Waals surface area contributed by atoms with E-state index in [1.165, 1.54) is 31.4 Å². The zero-order chi connectivity index (χ0) is 15.6. The van der Waals surface area contributed by atoms with E-state index in [1.54, 1.807) is 0 Å². The molecule has 0 aliphatic rings. The van der Waals surface area contributed by atoms with Crippen LogP contribution in [0.4, 0.5) is 18.9 Å². The summed E-state index contributed by atoms with van der Waals surface area (Å²) in [6.07, 6.45) is -3.21. The van der Waals surface area contributed by atoms with Crippen LogP contribution in [0, 0.1) is 6.92 Å². The van der Waals surface area contributed by atoms with Crippen LogP contribution >= 0.6 is 0 Å². The van der Waals surface area contributed by atoms with Crippen LogP contribution < -0.4 is 5.32 Å². The number of anilines is 1. The smallest absolute Gasteiger partial charge is 0.416 e. The minimum absolute atomic E-state index is 0.0541. The molecular formula is C14H12F3NO3. The number of carboxylic acid groups (broad SMARTS) is 1. The monoisotopic (exact) mass is 299 g/mol. The molecule has 0 spiro atoms. The predicted octanol–water partition coefficient (Wildman–Crippen LogP) is 3.92. The number of carbonyl (C=O) groups is 1. The Labute approximate surface area is 118 Å². The van der Waals surface area contributed by atoms with E-state index in [9.17, 15) is 18.0 Å². The first-order chi connectivity index (χ1) is 9.79. The molecule has 0 bridgehead atoms. The summed E-state index contributed by atoms with van der Waals surface area (Å²) in [5.41, 5.74) is 0.0165. The Bertz CT molecular complexity index is 662. The van der Waals surface area contributed by atoms with E-state index in [4.69, 9.17) is 9.52 Å². The highest BCUT2D eigenvalue weighted by Gasteiger charge is 2.32. The molecule has 7 heteroatoms. The zero-order valence-electron chi connectivity index (χ0n) is 11.0. The first-order valence-corrected chi connectivity index (χ1v) is 6.00. The highest BCUT2D eigenvalue weighted by atomic mass is 19.4. The number of nitrogens with one attached hydrogen (secondary N) is 1. The Kier molecular flexibility index (Phi) is 3.93. The number of aryl methyl sites for hydroxylation is 1. The Morgan fingerprint density at radius 1 is 1.33 bits per heavy atom. The van der Waals surface area contributed by atoms with Gasteiger partial charge in [0.25, 0.3) is 0 Å². The molecule has 0 saturated carbocycles. The summed E-state index contributed by atoms with van der Waals surface area (Å²) >= 11 is 0. The topological polar surface area (TPSA) is 62.5 Å². The molecule has 0 unspecified atom stereocenters. The van der Waals surface area contributed by atoms with Gasteiger partial charge in [-0.15, -0.1) is 0 Å². The SMILES string of the molecule is Cc1ccc(NCc2ccoc2C(=O)O)cc1C(F)(F)F. The number of halogens is 3. The summed E-state index contributed by atoms with van der Waals surface area (Å²) in [5, 5.41) is 11.6. The largest absolute Gasteiger partial charge is 0.475 e. The van der Waals surface area contributed by atoms with Gasteiger partial charge in [-0.05, 0) is 30.7 Å². The van der Waals surface area contributed by atoms with E-state index in [0.717, 1.165) is 6.07 Å². The third-order valence-corrected chi connectivity index (χ3v) is 2.97. The van der Waals surface area contributed by atoms with Gasteiger partial charge in [0.2, 0.25) is 5.76 Å². The molecule has 112 valence electrons. The van der Waals surface area contributed by atoms with Crippen molar-refractivity contribution in [3.05, 3.63) is 53.0 Å². The summed E-state index contributed by atoms with van der Waals surface area (Å²) in [7, 11) is 0. The lowest BCUT2D eigenvalue weighted by molar-refractivity contribution is -0.138. The lowest BCUT2D eigenvalue weighted by Crippen LogP contribution is -2.09. The molecule has 0 aliphatic heterocycles. The molecule has 0 amide bonds. The van der Waals surface area contributed by atoms with Crippen LogP contribution in [0.3, 0.4) is 0 Å². The van der Waals surface area contributed by atoms with Crippen LogP contribution in [0.5, 0.6) is 0 Å². The Morgan fingerprint density at radius 2 is 2.05 bits per heavy atom. The van der Waals surface area contributed by atoms with Crippen molar-refractivity contribution in [2.75, 3.05) is 5.32 Å². The van der Waals surface area contributed by atoms with Crippen LogP contribution in [0.1, 0.15) is 27.2 Å². The van der Waals surface area contributed by atoms with E-state index < -0.39 is 17.7 Å². The van der Waals surface area contributed by atoms with Gasteiger partial charge in [-0.25, -0.2) is 4.79 Å². The minimum Gasteiger partial charge on any atom is -0.475 e. The van der Waals surface area contributed by atoms with Crippen molar-refractivity contribution in [1.82, 2.24) is 0 Å². The highest BCUT2D eigenvalue weighted by Crippen LogP contribution is 2.33. The van der Waals surface area contributed by atoms with E-state index in [0.29, 0.717) is 5.56 Å². The second-order valence-corrected chi connectivity index (χ2v) is 4.46. The molecule has 21 heavy (non-hydrogen) atoms. The van der Waals surface area contributed by atoms with Crippen LogP contribution in [0.15, 0.2) is 34.9 Å². The van der Waals surface area contributed by atoms with Crippen molar-refractivity contribution in [3.63, 3.8) is 0 Å². The van der Waals surface area contributed by atoms with Crippen molar-refractivity contribution in [2.24, 2.45) is 0 Å². The zero-order valence-corrected chi connectivity index (χ0v) is 11.0. The van der Waals surface area contributed by atoms with E-state index in [-0.39, 0.29) is 23.6 Å². The summed E-state index contributed by atoms with van der Waals surface area (Å²) in [6, 6.07) is 5.31. The maximum Gasteiger partial charge on any atom is 0.416 e. The first kappa shape index (κ1) is 15.0. The second kappa shape index (κ2) is 5.51. The third kappa shape index (κ3) is 3.36. The Balaban J connectivity index is 2.17. The second-order valence-electron chi connectivity index (χ2n) is 4.46. The molecular weight excluding hydrogens is 287 g/mol. The lowest BCUT2D eigenvalue weighted by Gasteiger charge is -2.13. The number of benzene rings is 1. The van der Waals surface area contributed by atoms with Crippen LogP contribution in [0.2, 0.25) is 0 Å². The van der Waals surface area contributed by atoms with Gasteiger partial charge in [0.1, 0.15) is 0 Å². The Hall–Kier alpha value is -2.44. The average Bonchev–Trinajstić information content (AvgIpc) is 2.85. The highest BCUT2D eigenvalue weighted by molar-refractivity contribution is 5.86. The molecule has 4 nitrogen and oxygen atoms in total. The molecule has 2 rings (SSSR count). The van der Waals surface area contributed by atoms with Crippen molar-refractivity contribution in [1.29, 1.82) is 0 Å². The van der Waals surface area contributed by atoms with E-state index in [1.807, 2.05) is 0 Å². The van der Waals surface area contributed by atoms with Gasteiger partial charge in [0, 0.05) is 17.8 Å². The summed E-state index contributed by atoms with van der Waals surface area (Å²) in [6.45, 7) is 1.43. The number of aromatic carboxylic acids is 1. The first-order valence-electron chi connectivity index (χ1n) is 6.00. The fraction of sp³-hybridized carbons (Fsp3) is 0.214. The average molecular weight is 299 g/mol. The number of furan rings is 1. The van der Waals surface area contributed by atoms with Crippen LogP contribution in [-0.2, 0) is 12.7 Å².